The van der Waals surface area contributed by atoms with E-state index in [1.807, 2.05) is 7.05 Å². The molecule has 72 valence electrons. The van der Waals surface area contributed by atoms with Gasteiger partial charge >= 0.3 is 0 Å². The lowest BCUT2D eigenvalue weighted by atomic mass is 9.89. The fourth-order valence-electron chi connectivity index (χ4n) is 2.04. The van der Waals surface area contributed by atoms with Crippen molar-refractivity contribution in [1.82, 2.24) is 5.32 Å². The molecule has 2 nitrogen and oxygen atoms in total. The Labute approximate surface area is 75.4 Å². The quantitative estimate of drug-likeness (QED) is 0.660. The number of rotatable bonds is 2. The van der Waals surface area contributed by atoms with Crippen LogP contribution < -0.4 is 5.32 Å². The van der Waals surface area contributed by atoms with Crippen molar-refractivity contribution in [3.63, 3.8) is 0 Å². The van der Waals surface area contributed by atoms with Crippen LogP contribution in [0.2, 0.25) is 0 Å². The molecule has 0 aliphatic heterocycles. The normalized spacial score (nSPS) is 32.5. The molecule has 0 unspecified atom stereocenters. The lowest BCUT2D eigenvalue weighted by Crippen LogP contribution is -2.30. The third kappa shape index (κ3) is 3.11. The van der Waals surface area contributed by atoms with Gasteiger partial charge in [0.1, 0.15) is 0 Å². The van der Waals surface area contributed by atoms with Crippen LogP contribution in [0, 0.1) is 5.92 Å². The fourth-order valence-corrected chi connectivity index (χ4v) is 2.04. The van der Waals surface area contributed by atoms with Crippen molar-refractivity contribution in [1.29, 1.82) is 0 Å². The third-order valence-corrected chi connectivity index (χ3v) is 2.84. The number of nitrogens with one attached hydrogen (secondary N) is 1. The van der Waals surface area contributed by atoms with Gasteiger partial charge in [-0.3, -0.25) is 0 Å². The SMILES string of the molecule is CNC[C@H]1CCCCCC[C@H]1O. The van der Waals surface area contributed by atoms with Crippen molar-refractivity contribution in [2.24, 2.45) is 5.92 Å². The summed E-state index contributed by atoms with van der Waals surface area (Å²) in [5, 5.41) is 12.9. The summed E-state index contributed by atoms with van der Waals surface area (Å²) in [6.07, 6.45) is 7.31. The average molecular weight is 171 g/mol. The van der Waals surface area contributed by atoms with Gasteiger partial charge in [0.05, 0.1) is 6.10 Å². The molecule has 0 radical (unpaired) electrons. The highest BCUT2D eigenvalue weighted by Gasteiger charge is 2.19. The molecule has 0 saturated heterocycles. The molecule has 1 aliphatic rings. The van der Waals surface area contributed by atoms with Gasteiger partial charge in [0.25, 0.3) is 0 Å². The van der Waals surface area contributed by atoms with Crippen LogP contribution >= 0.6 is 0 Å². The minimum atomic E-state index is -0.0576. The zero-order valence-electron chi connectivity index (χ0n) is 8.05. The molecule has 2 heteroatoms. The number of hydrogen-bond acceptors (Lipinski definition) is 2. The average Bonchev–Trinajstić information content (AvgIpc) is 2.05. The van der Waals surface area contributed by atoms with E-state index >= 15 is 0 Å². The number of hydrogen-bond donors (Lipinski definition) is 2. The van der Waals surface area contributed by atoms with Crippen LogP contribution in [0.25, 0.3) is 0 Å². The predicted molar refractivity (Wildman–Crippen MR) is 51.1 cm³/mol. The summed E-state index contributed by atoms with van der Waals surface area (Å²) in [7, 11) is 1.96. The molecule has 0 aromatic heterocycles. The lowest BCUT2D eigenvalue weighted by molar-refractivity contribution is 0.0842. The second kappa shape index (κ2) is 5.55. The Bertz CT molecular complexity index is 116. The molecule has 1 rings (SSSR count). The van der Waals surface area contributed by atoms with Crippen LogP contribution in [0.15, 0.2) is 0 Å². The summed E-state index contributed by atoms with van der Waals surface area (Å²) in [5.41, 5.74) is 0. The van der Waals surface area contributed by atoms with Gasteiger partial charge in [-0.05, 0) is 25.8 Å². The fraction of sp³-hybridized carbons (Fsp3) is 1.00. The van der Waals surface area contributed by atoms with Gasteiger partial charge in [-0.25, -0.2) is 0 Å². The molecule has 0 spiro atoms. The maximum Gasteiger partial charge on any atom is 0.0580 e. The van der Waals surface area contributed by atoms with E-state index in [2.05, 4.69) is 5.32 Å². The molecule has 0 aromatic rings. The minimum absolute atomic E-state index is 0.0576. The Kier molecular flexibility index (Phi) is 4.62. The van der Waals surface area contributed by atoms with E-state index in [4.69, 9.17) is 0 Å². The van der Waals surface area contributed by atoms with Gasteiger partial charge in [0, 0.05) is 6.54 Å². The number of aliphatic hydroxyl groups is 1. The Morgan fingerprint density at radius 3 is 2.50 bits per heavy atom. The van der Waals surface area contributed by atoms with Crippen LogP contribution in [0.4, 0.5) is 0 Å². The van der Waals surface area contributed by atoms with Gasteiger partial charge in [-0.15, -0.1) is 0 Å². The molecule has 0 amide bonds. The Balaban J connectivity index is 2.32. The Morgan fingerprint density at radius 2 is 1.83 bits per heavy atom. The third-order valence-electron chi connectivity index (χ3n) is 2.84. The second-order valence-corrected chi connectivity index (χ2v) is 3.88. The standard InChI is InChI=1S/C10H21NO/c1-11-8-9-6-4-2-3-5-7-10(9)12/h9-12H,2-8H2,1H3/t9-,10-/m1/s1. The van der Waals surface area contributed by atoms with Crippen molar-refractivity contribution in [2.75, 3.05) is 13.6 Å². The molecule has 2 atom stereocenters. The highest BCUT2D eigenvalue weighted by Crippen LogP contribution is 2.22. The highest BCUT2D eigenvalue weighted by atomic mass is 16.3. The summed E-state index contributed by atoms with van der Waals surface area (Å²) < 4.78 is 0. The van der Waals surface area contributed by atoms with Crippen LogP contribution in [0.5, 0.6) is 0 Å². The summed E-state index contributed by atoms with van der Waals surface area (Å²) >= 11 is 0. The maximum absolute atomic E-state index is 9.77. The Hall–Kier alpha value is -0.0800. The van der Waals surface area contributed by atoms with Crippen molar-refractivity contribution < 1.29 is 5.11 Å². The van der Waals surface area contributed by atoms with Gasteiger partial charge in [-0.2, -0.15) is 0 Å². The van der Waals surface area contributed by atoms with Crippen molar-refractivity contribution in [3.05, 3.63) is 0 Å². The van der Waals surface area contributed by atoms with Crippen LogP contribution in [0.1, 0.15) is 38.5 Å². The number of aliphatic hydroxyl groups excluding tert-OH is 1. The van der Waals surface area contributed by atoms with Gasteiger partial charge in [-0.1, -0.05) is 25.7 Å². The van der Waals surface area contributed by atoms with E-state index in [1.165, 1.54) is 32.1 Å². The first kappa shape index (κ1) is 10.0. The van der Waals surface area contributed by atoms with E-state index in [-0.39, 0.29) is 6.10 Å². The zero-order chi connectivity index (χ0) is 8.81. The van der Waals surface area contributed by atoms with E-state index in [0.29, 0.717) is 5.92 Å². The van der Waals surface area contributed by atoms with E-state index < -0.39 is 0 Å². The molecule has 1 fully saturated rings. The molecule has 2 N–H and O–H groups in total. The highest BCUT2D eigenvalue weighted by molar-refractivity contribution is 4.73. The summed E-state index contributed by atoms with van der Waals surface area (Å²) in [5.74, 6) is 0.496. The molecule has 0 heterocycles. The largest absolute Gasteiger partial charge is 0.393 e. The summed E-state index contributed by atoms with van der Waals surface area (Å²) in [4.78, 5) is 0. The van der Waals surface area contributed by atoms with Gasteiger partial charge in [0.15, 0.2) is 0 Å². The maximum atomic E-state index is 9.77. The Morgan fingerprint density at radius 1 is 1.17 bits per heavy atom. The predicted octanol–water partition coefficient (Wildman–Crippen LogP) is 1.54. The molecular formula is C10H21NO. The molecule has 1 saturated carbocycles. The zero-order valence-corrected chi connectivity index (χ0v) is 8.05. The topological polar surface area (TPSA) is 32.3 Å². The van der Waals surface area contributed by atoms with E-state index in [9.17, 15) is 5.11 Å². The first-order valence-corrected chi connectivity index (χ1v) is 5.17. The monoisotopic (exact) mass is 171 g/mol. The smallest absolute Gasteiger partial charge is 0.0580 e. The van der Waals surface area contributed by atoms with Crippen LogP contribution in [0.3, 0.4) is 0 Å². The van der Waals surface area contributed by atoms with Gasteiger partial charge < -0.3 is 10.4 Å². The van der Waals surface area contributed by atoms with Gasteiger partial charge in [0.2, 0.25) is 0 Å². The summed E-state index contributed by atoms with van der Waals surface area (Å²) in [6, 6.07) is 0. The minimum Gasteiger partial charge on any atom is -0.393 e. The first-order chi connectivity index (χ1) is 5.84. The first-order valence-electron chi connectivity index (χ1n) is 5.17. The van der Waals surface area contributed by atoms with Crippen molar-refractivity contribution >= 4 is 0 Å². The van der Waals surface area contributed by atoms with E-state index in [0.717, 1.165) is 13.0 Å². The van der Waals surface area contributed by atoms with Crippen LogP contribution in [-0.2, 0) is 0 Å². The second-order valence-electron chi connectivity index (χ2n) is 3.88. The van der Waals surface area contributed by atoms with Crippen molar-refractivity contribution in [3.8, 4) is 0 Å². The van der Waals surface area contributed by atoms with Crippen molar-refractivity contribution in [2.45, 2.75) is 44.6 Å². The molecule has 1 aliphatic carbocycles. The van der Waals surface area contributed by atoms with E-state index in [1.54, 1.807) is 0 Å². The molecule has 12 heavy (non-hydrogen) atoms. The summed E-state index contributed by atoms with van der Waals surface area (Å²) in [6.45, 7) is 0.973. The molecule has 0 aromatic carbocycles. The molecular weight excluding hydrogens is 150 g/mol. The molecule has 0 bridgehead atoms. The van der Waals surface area contributed by atoms with Crippen LogP contribution in [-0.4, -0.2) is 24.8 Å². The lowest BCUT2D eigenvalue weighted by Gasteiger charge is -2.24.